The van der Waals surface area contributed by atoms with Crippen LogP contribution in [0.2, 0.25) is 0 Å². The summed E-state index contributed by atoms with van der Waals surface area (Å²) in [6, 6.07) is 5.85. The maximum absolute atomic E-state index is 13.7. The molecule has 162 valence electrons. The lowest BCUT2D eigenvalue weighted by molar-refractivity contribution is 0.0996. The number of carbonyl (C=O) groups excluding carboxylic acids is 2. The Morgan fingerprint density at radius 3 is 2.61 bits per heavy atom. The second-order valence-electron chi connectivity index (χ2n) is 10.1. The molecule has 1 aromatic heterocycles. The van der Waals surface area contributed by atoms with Gasteiger partial charge in [0.05, 0.1) is 24.3 Å². The van der Waals surface area contributed by atoms with Crippen molar-refractivity contribution in [1.82, 2.24) is 20.0 Å². The number of benzene rings is 1. The van der Waals surface area contributed by atoms with Crippen LogP contribution >= 0.6 is 0 Å². The van der Waals surface area contributed by atoms with Gasteiger partial charge in [0.2, 0.25) is 0 Å². The van der Waals surface area contributed by atoms with Crippen molar-refractivity contribution < 1.29 is 14.0 Å². The fraction of sp³-hybridized carbons (Fsp3) is 0.522. The Labute approximate surface area is 179 Å². The first-order chi connectivity index (χ1) is 14.8. The summed E-state index contributed by atoms with van der Waals surface area (Å²) in [5.74, 6) is 0.515. The minimum Gasteiger partial charge on any atom is -0.365 e. The standard InChI is InChI=1S/C23H26FN5O2/c1-22(8-14-10-23(14)11-15(23)9-22)26-21(31)28-5-6-29-17(12-28)18(20(25)30)19(27-29)13-3-2-4-16(24)7-13/h2-4,7,14-15H,5-6,8-12H2,1H3,(H2,25,30)(H,26,31). The van der Waals surface area contributed by atoms with E-state index in [-0.39, 0.29) is 23.7 Å². The van der Waals surface area contributed by atoms with Gasteiger partial charge in [-0.2, -0.15) is 5.10 Å². The van der Waals surface area contributed by atoms with E-state index in [1.165, 1.54) is 25.0 Å². The first-order valence-electron chi connectivity index (χ1n) is 11.0. The largest absolute Gasteiger partial charge is 0.365 e. The predicted molar refractivity (Wildman–Crippen MR) is 111 cm³/mol. The summed E-state index contributed by atoms with van der Waals surface area (Å²) in [5, 5.41) is 7.82. The van der Waals surface area contributed by atoms with Crippen LogP contribution in [-0.4, -0.2) is 38.7 Å². The topological polar surface area (TPSA) is 93.2 Å². The summed E-state index contributed by atoms with van der Waals surface area (Å²) in [6.45, 7) is 3.37. The number of nitrogens with two attached hydrogens (primary N) is 1. The van der Waals surface area contributed by atoms with Gasteiger partial charge in [-0.15, -0.1) is 0 Å². The Hall–Kier alpha value is -2.90. The number of primary amides is 1. The fourth-order valence-corrected chi connectivity index (χ4v) is 6.30. The van der Waals surface area contributed by atoms with E-state index in [1.54, 1.807) is 21.7 Å². The Bertz CT molecular complexity index is 1110. The minimum atomic E-state index is -0.624. The van der Waals surface area contributed by atoms with E-state index in [4.69, 9.17) is 5.73 Å². The average Bonchev–Trinajstić information content (AvgIpc) is 3.54. The number of hydrogen-bond donors (Lipinski definition) is 2. The molecule has 3 saturated carbocycles. The molecule has 3 amide bonds. The third-order valence-corrected chi connectivity index (χ3v) is 7.97. The molecular weight excluding hydrogens is 397 g/mol. The smallest absolute Gasteiger partial charge is 0.318 e. The van der Waals surface area contributed by atoms with Crippen LogP contribution in [0.5, 0.6) is 0 Å². The van der Waals surface area contributed by atoms with E-state index >= 15 is 0 Å². The molecule has 31 heavy (non-hydrogen) atoms. The van der Waals surface area contributed by atoms with Crippen molar-refractivity contribution in [3.63, 3.8) is 0 Å². The minimum absolute atomic E-state index is 0.105. The zero-order valence-electron chi connectivity index (χ0n) is 17.5. The van der Waals surface area contributed by atoms with Gasteiger partial charge in [-0.3, -0.25) is 9.48 Å². The lowest BCUT2D eigenvalue weighted by Crippen LogP contribution is -2.54. The van der Waals surface area contributed by atoms with E-state index < -0.39 is 11.7 Å². The van der Waals surface area contributed by atoms with Gasteiger partial charge >= 0.3 is 6.03 Å². The van der Waals surface area contributed by atoms with Gasteiger partial charge < -0.3 is 16.0 Å². The van der Waals surface area contributed by atoms with Crippen molar-refractivity contribution >= 4 is 11.9 Å². The van der Waals surface area contributed by atoms with E-state index in [1.807, 2.05) is 0 Å². The van der Waals surface area contributed by atoms with Crippen LogP contribution < -0.4 is 11.1 Å². The van der Waals surface area contributed by atoms with Gasteiger partial charge in [-0.25, -0.2) is 9.18 Å². The summed E-state index contributed by atoms with van der Waals surface area (Å²) >= 11 is 0. The molecule has 3 aliphatic carbocycles. The number of aromatic nitrogens is 2. The molecule has 1 aliphatic heterocycles. The molecule has 0 radical (unpaired) electrons. The van der Waals surface area contributed by atoms with Crippen molar-refractivity contribution in [3.8, 4) is 11.3 Å². The average molecular weight is 423 g/mol. The Morgan fingerprint density at radius 1 is 1.19 bits per heavy atom. The number of hydrogen-bond acceptors (Lipinski definition) is 3. The summed E-state index contributed by atoms with van der Waals surface area (Å²) in [7, 11) is 0. The number of fused-ring (bicyclic) bond motifs is 1. The fourth-order valence-electron chi connectivity index (χ4n) is 6.30. The molecule has 8 heteroatoms. The van der Waals surface area contributed by atoms with Gasteiger partial charge in [0.25, 0.3) is 5.91 Å². The molecule has 7 nitrogen and oxygen atoms in total. The van der Waals surface area contributed by atoms with Crippen LogP contribution in [-0.2, 0) is 13.1 Å². The summed E-state index contributed by atoms with van der Waals surface area (Å²) in [5.41, 5.74) is 7.88. The number of nitrogens with zero attached hydrogens (tertiary/aromatic N) is 3. The molecule has 1 aromatic carbocycles. The van der Waals surface area contributed by atoms with Gasteiger partial charge in [0, 0.05) is 17.6 Å². The second-order valence-corrected chi connectivity index (χ2v) is 10.1. The first-order valence-corrected chi connectivity index (χ1v) is 11.0. The number of amides is 3. The van der Waals surface area contributed by atoms with Crippen molar-refractivity contribution in [2.45, 2.75) is 51.2 Å². The van der Waals surface area contributed by atoms with Gasteiger partial charge in [0.1, 0.15) is 11.5 Å². The Balaban J connectivity index is 1.25. The highest BCUT2D eigenvalue weighted by Gasteiger charge is 2.74. The number of rotatable bonds is 3. The highest BCUT2D eigenvalue weighted by Crippen LogP contribution is 2.80. The summed E-state index contributed by atoms with van der Waals surface area (Å²) in [4.78, 5) is 27.2. The normalized spacial score (nSPS) is 32.5. The van der Waals surface area contributed by atoms with Crippen LogP contribution in [0.3, 0.4) is 0 Å². The lowest BCUT2D eigenvalue weighted by Gasteiger charge is -2.37. The molecule has 2 heterocycles. The summed E-state index contributed by atoms with van der Waals surface area (Å²) in [6.07, 6.45) is 4.77. The zero-order chi connectivity index (χ0) is 21.5. The van der Waals surface area contributed by atoms with Gasteiger partial charge in [-0.05, 0) is 62.0 Å². The maximum Gasteiger partial charge on any atom is 0.318 e. The number of halogens is 1. The Kier molecular flexibility index (Phi) is 3.69. The molecule has 1 spiro atoms. The lowest BCUT2D eigenvalue weighted by atomic mass is 9.83. The summed E-state index contributed by atoms with van der Waals surface area (Å²) < 4.78 is 15.5. The zero-order valence-corrected chi connectivity index (χ0v) is 17.5. The van der Waals surface area contributed by atoms with E-state index in [9.17, 15) is 14.0 Å². The quantitative estimate of drug-likeness (QED) is 0.795. The number of carbonyl (C=O) groups is 2. The molecule has 0 saturated heterocycles. The maximum atomic E-state index is 13.7. The van der Waals surface area contributed by atoms with Crippen molar-refractivity contribution in [1.29, 1.82) is 0 Å². The SMILES string of the molecule is CC1(NC(=O)N2CCn3nc(-c4cccc(F)c4)c(C(N)=O)c3C2)CC2CC23CC3C1. The van der Waals surface area contributed by atoms with E-state index in [2.05, 4.69) is 17.3 Å². The Morgan fingerprint density at radius 2 is 1.94 bits per heavy atom. The van der Waals surface area contributed by atoms with Gasteiger partial charge in [-0.1, -0.05) is 12.1 Å². The third kappa shape index (κ3) is 2.87. The van der Waals surface area contributed by atoms with Crippen LogP contribution in [0.1, 0.15) is 48.7 Å². The molecule has 0 bridgehead atoms. The second kappa shape index (κ2) is 6.08. The molecule has 3 N–H and O–H groups in total. The molecule has 6 rings (SSSR count). The molecular formula is C23H26FN5O2. The van der Waals surface area contributed by atoms with Crippen LogP contribution in [0.4, 0.5) is 9.18 Å². The molecule has 2 atom stereocenters. The molecule has 4 aliphatic rings. The van der Waals surface area contributed by atoms with Crippen molar-refractivity contribution in [2.75, 3.05) is 6.54 Å². The van der Waals surface area contributed by atoms with Crippen LogP contribution in [0.15, 0.2) is 24.3 Å². The molecule has 2 aromatic rings. The van der Waals surface area contributed by atoms with Crippen molar-refractivity contribution in [2.24, 2.45) is 23.0 Å². The molecule has 2 unspecified atom stereocenters. The van der Waals surface area contributed by atoms with Crippen molar-refractivity contribution in [3.05, 3.63) is 41.3 Å². The van der Waals surface area contributed by atoms with E-state index in [0.29, 0.717) is 35.5 Å². The number of nitrogens with one attached hydrogen (secondary N) is 1. The molecule has 3 fully saturated rings. The number of urea groups is 1. The monoisotopic (exact) mass is 423 g/mol. The first kappa shape index (κ1) is 18.8. The highest BCUT2D eigenvalue weighted by atomic mass is 19.1. The predicted octanol–water partition coefficient (Wildman–Crippen LogP) is 2.89. The van der Waals surface area contributed by atoms with Gasteiger partial charge in [0.15, 0.2) is 0 Å². The highest BCUT2D eigenvalue weighted by molar-refractivity contribution is 6.00. The van der Waals surface area contributed by atoms with E-state index in [0.717, 1.165) is 24.7 Å². The van der Waals surface area contributed by atoms with Crippen LogP contribution in [0, 0.1) is 23.1 Å². The van der Waals surface area contributed by atoms with Crippen LogP contribution in [0.25, 0.3) is 11.3 Å². The third-order valence-electron chi connectivity index (χ3n) is 7.97.